The molecule has 3 nitrogen and oxygen atoms in total. The maximum atomic E-state index is 11.0. The maximum absolute atomic E-state index is 11.0. The van der Waals surface area contributed by atoms with Crippen molar-refractivity contribution in [2.45, 2.75) is 46.1 Å². The highest BCUT2D eigenvalue weighted by molar-refractivity contribution is 5.73. The molecule has 0 radical (unpaired) electrons. The van der Waals surface area contributed by atoms with Crippen molar-refractivity contribution < 1.29 is 9.90 Å². The maximum Gasteiger partial charge on any atom is 0.320 e. The van der Waals surface area contributed by atoms with Crippen LogP contribution in [0.25, 0.3) is 0 Å². The van der Waals surface area contributed by atoms with Gasteiger partial charge in [0.25, 0.3) is 0 Å². The Morgan fingerprint density at radius 3 is 2.40 bits per heavy atom. The van der Waals surface area contributed by atoms with Gasteiger partial charge in [-0.3, -0.25) is 4.79 Å². The second kappa shape index (κ2) is 2.97. The summed E-state index contributed by atoms with van der Waals surface area (Å²) in [6, 6.07) is -0.681. The van der Waals surface area contributed by atoms with E-state index < -0.39 is 12.0 Å². The van der Waals surface area contributed by atoms with Gasteiger partial charge >= 0.3 is 5.97 Å². The molecule has 2 rings (SSSR count). The summed E-state index contributed by atoms with van der Waals surface area (Å²) in [5.41, 5.74) is 6.19. The zero-order chi connectivity index (χ0) is 11.4. The molecular weight excluding hydrogens is 190 g/mol. The number of carboxylic acid groups (broad SMARTS) is 1. The normalized spacial score (nSPS) is 44.3. The Morgan fingerprint density at radius 2 is 2.07 bits per heavy atom. The van der Waals surface area contributed by atoms with Gasteiger partial charge in [0.1, 0.15) is 6.04 Å². The number of hydrogen-bond acceptors (Lipinski definition) is 2. The van der Waals surface area contributed by atoms with Crippen LogP contribution in [0, 0.1) is 22.7 Å². The van der Waals surface area contributed by atoms with E-state index in [1.165, 1.54) is 6.42 Å². The van der Waals surface area contributed by atoms with Gasteiger partial charge in [-0.05, 0) is 41.9 Å². The summed E-state index contributed by atoms with van der Waals surface area (Å²) < 4.78 is 0. The molecule has 2 bridgehead atoms. The van der Waals surface area contributed by atoms with Crippen molar-refractivity contribution in [3.63, 3.8) is 0 Å². The first kappa shape index (κ1) is 10.9. The van der Waals surface area contributed by atoms with Crippen LogP contribution in [-0.2, 0) is 4.79 Å². The molecule has 0 saturated heterocycles. The van der Waals surface area contributed by atoms with Gasteiger partial charge in [-0.2, -0.15) is 0 Å². The van der Waals surface area contributed by atoms with Gasteiger partial charge < -0.3 is 10.8 Å². The molecule has 0 aromatic heterocycles. The topological polar surface area (TPSA) is 63.3 Å². The lowest BCUT2D eigenvalue weighted by molar-refractivity contribution is -0.141. The summed E-state index contributed by atoms with van der Waals surface area (Å²) >= 11 is 0. The van der Waals surface area contributed by atoms with Crippen LogP contribution in [-0.4, -0.2) is 17.1 Å². The van der Waals surface area contributed by atoms with E-state index in [1.807, 2.05) is 0 Å². The minimum absolute atomic E-state index is 0.121. The van der Waals surface area contributed by atoms with Crippen LogP contribution in [0.3, 0.4) is 0 Å². The van der Waals surface area contributed by atoms with Gasteiger partial charge in [0.15, 0.2) is 0 Å². The van der Waals surface area contributed by atoms with Gasteiger partial charge in [0.05, 0.1) is 0 Å². The van der Waals surface area contributed by atoms with Gasteiger partial charge in [-0.25, -0.2) is 0 Å². The van der Waals surface area contributed by atoms with E-state index in [0.717, 1.165) is 12.8 Å². The lowest BCUT2D eigenvalue weighted by Crippen LogP contribution is -2.46. The second-order valence-electron chi connectivity index (χ2n) is 6.08. The van der Waals surface area contributed by atoms with Crippen molar-refractivity contribution >= 4 is 5.97 Å². The summed E-state index contributed by atoms with van der Waals surface area (Å²) in [7, 11) is 0. The fourth-order valence-electron chi connectivity index (χ4n) is 3.98. The van der Waals surface area contributed by atoms with Crippen molar-refractivity contribution in [2.75, 3.05) is 0 Å². The molecule has 0 heterocycles. The first-order valence-corrected chi connectivity index (χ1v) is 5.79. The zero-order valence-corrected chi connectivity index (χ0v) is 9.79. The Labute approximate surface area is 91.0 Å². The van der Waals surface area contributed by atoms with E-state index in [9.17, 15) is 4.79 Å². The first-order chi connectivity index (χ1) is 6.80. The number of nitrogens with two attached hydrogens (primary N) is 1. The minimum atomic E-state index is -0.843. The number of carboxylic acids is 1. The van der Waals surface area contributed by atoms with Crippen LogP contribution < -0.4 is 5.73 Å². The molecule has 0 aromatic rings. The molecule has 3 N–H and O–H groups in total. The van der Waals surface area contributed by atoms with Crippen molar-refractivity contribution in [3.8, 4) is 0 Å². The highest BCUT2D eigenvalue weighted by Gasteiger charge is 2.63. The monoisotopic (exact) mass is 211 g/mol. The molecule has 3 heteroatoms. The third kappa shape index (κ3) is 1.19. The summed E-state index contributed by atoms with van der Waals surface area (Å²) in [6.45, 7) is 6.78. The predicted octanol–water partition coefficient (Wildman–Crippen LogP) is 1.86. The Bertz CT molecular complexity index is 300. The Balaban J connectivity index is 2.30. The average Bonchev–Trinajstić information content (AvgIpc) is 2.47. The van der Waals surface area contributed by atoms with Crippen molar-refractivity contribution in [1.29, 1.82) is 0 Å². The van der Waals surface area contributed by atoms with Crippen LogP contribution in [0.4, 0.5) is 0 Å². The number of carbonyl (C=O) groups is 1. The van der Waals surface area contributed by atoms with Crippen LogP contribution in [0.2, 0.25) is 0 Å². The molecule has 2 fully saturated rings. The first-order valence-electron chi connectivity index (χ1n) is 5.79. The highest BCUT2D eigenvalue weighted by atomic mass is 16.4. The molecule has 2 saturated carbocycles. The van der Waals surface area contributed by atoms with Gasteiger partial charge in [-0.1, -0.05) is 20.8 Å². The van der Waals surface area contributed by atoms with Crippen LogP contribution in [0.15, 0.2) is 0 Å². The van der Waals surface area contributed by atoms with E-state index in [0.29, 0.717) is 5.92 Å². The quantitative estimate of drug-likeness (QED) is 0.732. The lowest BCUT2D eigenvalue weighted by atomic mass is 9.65. The average molecular weight is 211 g/mol. The van der Waals surface area contributed by atoms with E-state index >= 15 is 0 Å². The fraction of sp³-hybridized carbons (Fsp3) is 0.917. The molecule has 0 spiro atoms. The SMILES string of the molecule is CC1(C)[C@@H]2CC[C@@]1(C)[C@H]([C@H](N)C(=O)O)C2. The second-order valence-corrected chi connectivity index (χ2v) is 6.08. The third-order valence-corrected chi connectivity index (χ3v) is 5.58. The molecular formula is C12H21NO2. The number of fused-ring (bicyclic) bond motifs is 2. The molecule has 2 aliphatic rings. The van der Waals surface area contributed by atoms with Gasteiger partial charge in [0.2, 0.25) is 0 Å². The Morgan fingerprint density at radius 1 is 1.47 bits per heavy atom. The summed E-state index contributed by atoms with van der Waals surface area (Å²) in [5.74, 6) is -0.0220. The molecule has 86 valence electrons. The van der Waals surface area contributed by atoms with Crippen LogP contribution in [0.1, 0.15) is 40.0 Å². The number of hydrogen-bond donors (Lipinski definition) is 2. The predicted molar refractivity (Wildman–Crippen MR) is 58.3 cm³/mol. The van der Waals surface area contributed by atoms with Gasteiger partial charge in [-0.15, -0.1) is 0 Å². The lowest BCUT2D eigenvalue weighted by Gasteiger charge is -2.40. The van der Waals surface area contributed by atoms with E-state index in [-0.39, 0.29) is 16.7 Å². The molecule has 0 aromatic carbocycles. The van der Waals surface area contributed by atoms with Crippen molar-refractivity contribution in [3.05, 3.63) is 0 Å². The molecule has 0 aliphatic heterocycles. The van der Waals surface area contributed by atoms with E-state index in [1.54, 1.807) is 0 Å². The van der Waals surface area contributed by atoms with Crippen molar-refractivity contribution in [2.24, 2.45) is 28.4 Å². The smallest absolute Gasteiger partial charge is 0.320 e. The van der Waals surface area contributed by atoms with E-state index in [2.05, 4.69) is 20.8 Å². The summed E-state index contributed by atoms with van der Waals surface area (Å²) in [6.07, 6.45) is 3.37. The molecule has 0 unspecified atom stereocenters. The Kier molecular flexibility index (Phi) is 2.16. The van der Waals surface area contributed by atoms with Crippen molar-refractivity contribution in [1.82, 2.24) is 0 Å². The standard InChI is InChI=1S/C12H21NO2/c1-11(2)7-4-5-12(11,3)8(6-7)9(13)10(14)15/h7-9H,4-6,13H2,1-3H3,(H,14,15)/t7-,8+,9+,12+/m1/s1. The molecule has 15 heavy (non-hydrogen) atoms. The minimum Gasteiger partial charge on any atom is -0.480 e. The zero-order valence-electron chi connectivity index (χ0n) is 9.79. The fourth-order valence-corrected chi connectivity index (χ4v) is 3.98. The van der Waals surface area contributed by atoms with Gasteiger partial charge in [0, 0.05) is 0 Å². The molecule has 0 amide bonds. The van der Waals surface area contributed by atoms with Crippen LogP contribution >= 0.6 is 0 Å². The molecule has 4 atom stereocenters. The Hall–Kier alpha value is -0.570. The third-order valence-electron chi connectivity index (χ3n) is 5.58. The number of aliphatic carboxylic acids is 1. The highest BCUT2D eigenvalue weighted by Crippen LogP contribution is 2.68. The van der Waals surface area contributed by atoms with Crippen LogP contribution in [0.5, 0.6) is 0 Å². The number of rotatable bonds is 2. The summed E-state index contributed by atoms with van der Waals surface area (Å²) in [4.78, 5) is 11.0. The summed E-state index contributed by atoms with van der Waals surface area (Å²) in [5, 5.41) is 9.03. The largest absolute Gasteiger partial charge is 0.480 e. The van der Waals surface area contributed by atoms with E-state index in [4.69, 9.17) is 10.8 Å². The molecule has 2 aliphatic carbocycles.